The van der Waals surface area contributed by atoms with E-state index in [2.05, 4.69) is 58.9 Å². The van der Waals surface area contributed by atoms with Gasteiger partial charge in [0.25, 0.3) is 0 Å². The van der Waals surface area contributed by atoms with Crippen LogP contribution in [0, 0.1) is 5.92 Å². The minimum Gasteiger partial charge on any atom is -0.298 e. The van der Waals surface area contributed by atoms with Crippen molar-refractivity contribution in [3.8, 4) is 10.6 Å². The van der Waals surface area contributed by atoms with Crippen LogP contribution in [-0.2, 0) is 13.0 Å². The lowest BCUT2D eigenvalue weighted by Gasteiger charge is -2.27. The number of fused-ring (bicyclic) bond motifs is 1. The van der Waals surface area contributed by atoms with Crippen molar-refractivity contribution in [1.29, 1.82) is 0 Å². The van der Waals surface area contributed by atoms with Gasteiger partial charge in [-0.3, -0.25) is 4.90 Å². The molecular weight excluding hydrogens is 332 g/mol. The number of benzene rings is 1. The molecule has 0 aliphatic carbocycles. The van der Waals surface area contributed by atoms with Crippen molar-refractivity contribution >= 4 is 27.3 Å². The monoisotopic (exact) mass is 350 g/mol. The molecule has 20 heavy (non-hydrogen) atoms. The SMILES string of the molecule is CC(C)CN1CCc2nc(-c3cccc(Br)c3)sc2C1. The Balaban J connectivity index is 1.83. The maximum atomic E-state index is 4.85. The molecule has 0 unspecified atom stereocenters. The number of hydrogen-bond donors (Lipinski definition) is 0. The molecule has 106 valence electrons. The lowest BCUT2D eigenvalue weighted by atomic mass is 10.1. The number of rotatable bonds is 3. The molecule has 1 aromatic heterocycles. The number of nitrogens with zero attached hydrogens (tertiary/aromatic N) is 2. The summed E-state index contributed by atoms with van der Waals surface area (Å²) in [7, 11) is 0. The first-order valence-corrected chi connectivity index (χ1v) is 8.69. The van der Waals surface area contributed by atoms with Gasteiger partial charge in [0, 0.05) is 41.0 Å². The van der Waals surface area contributed by atoms with Crippen molar-refractivity contribution in [2.45, 2.75) is 26.8 Å². The van der Waals surface area contributed by atoms with Crippen molar-refractivity contribution in [3.05, 3.63) is 39.3 Å². The van der Waals surface area contributed by atoms with Crippen molar-refractivity contribution in [1.82, 2.24) is 9.88 Å². The van der Waals surface area contributed by atoms with Crippen LogP contribution in [-0.4, -0.2) is 23.0 Å². The van der Waals surface area contributed by atoms with Gasteiger partial charge in [-0.05, 0) is 18.1 Å². The number of hydrogen-bond acceptors (Lipinski definition) is 3. The Morgan fingerprint density at radius 3 is 3.00 bits per heavy atom. The summed E-state index contributed by atoms with van der Waals surface area (Å²) in [5.41, 5.74) is 2.53. The van der Waals surface area contributed by atoms with Gasteiger partial charge >= 0.3 is 0 Å². The van der Waals surface area contributed by atoms with Crippen LogP contribution in [0.25, 0.3) is 10.6 Å². The molecule has 0 N–H and O–H groups in total. The van der Waals surface area contributed by atoms with Gasteiger partial charge in [-0.2, -0.15) is 0 Å². The molecule has 0 saturated heterocycles. The molecule has 0 amide bonds. The molecule has 3 rings (SSSR count). The van der Waals surface area contributed by atoms with Gasteiger partial charge in [0.05, 0.1) is 5.69 Å². The zero-order valence-electron chi connectivity index (χ0n) is 11.9. The van der Waals surface area contributed by atoms with E-state index in [9.17, 15) is 0 Å². The van der Waals surface area contributed by atoms with E-state index in [4.69, 9.17) is 4.98 Å². The van der Waals surface area contributed by atoms with Crippen LogP contribution in [0.1, 0.15) is 24.4 Å². The number of thiazole rings is 1. The van der Waals surface area contributed by atoms with Gasteiger partial charge in [-0.25, -0.2) is 4.98 Å². The predicted octanol–water partition coefficient (Wildman–Crippen LogP) is 4.59. The highest BCUT2D eigenvalue weighted by Crippen LogP contribution is 2.32. The third-order valence-electron chi connectivity index (χ3n) is 3.51. The molecule has 0 saturated carbocycles. The molecule has 2 aromatic rings. The summed E-state index contributed by atoms with van der Waals surface area (Å²) < 4.78 is 1.12. The average Bonchev–Trinajstić information content (AvgIpc) is 2.81. The first kappa shape index (κ1) is 14.2. The fourth-order valence-electron chi connectivity index (χ4n) is 2.67. The minimum atomic E-state index is 0.731. The first-order valence-electron chi connectivity index (χ1n) is 7.08. The predicted molar refractivity (Wildman–Crippen MR) is 89.1 cm³/mol. The molecule has 0 radical (unpaired) electrons. The van der Waals surface area contributed by atoms with E-state index in [1.165, 1.54) is 22.7 Å². The fourth-order valence-corrected chi connectivity index (χ4v) is 4.21. The van der Waals surface area contributed by atoms with Crippen LogP contribution in [0.3, 0.4) is 0 Å². The van der Waals surface area contributed by atoms with Gasteiger partial charge in [0.2, 0.25) is 0 Å². The van der Waals surface area contributed by atoms with Gasteiger partial charge in [-0.1, -0.05) is 41.9 Å². The second kappa shape index (κ2) is 5.96. The quantitative estimate of drug-likeness (QED) is 0.804. The topological polar surface area (TPSA) is 16.1 Å². The Hall–Kier alpha value is -0.710. The summed E-state index contributed by atoms with van der Waals surface area (Å²) in [4.78, 5) is 8.85. The lowest BCUT2D eigenvalue weighted by molar-refractivity contribution is 0.228. The van der Waals surface area contributed by atoms with Crippen LogP contribution >= 0.6 is 27.3 Å². The van der Waals surface area contributed by atoms with Crippen molar-refractivity contribution < 1.29 is 0 Å². The molecule has 4 heteroatoms. The summed E-state index contributed by atoms with van der Waals surface area (Å²) >= 11 is 5.39. The third kappa shape index (κ3) is 3.13. The molecule has 1 aliphatic rings. The molecule has 0 atom stereocenters. The van der Waals surface area contributed by atoms with Crippen LogP contribution in [0.4, 0.5) is 0 Å². The zero-order valence-corrected chi connectivity index (χ0v) is 14.3. The van der Waals surface area contributed by atoms with E-state index in [1.807, 2.05) is 11.3 Å². The Morgan fingerprint density at radius 1 is 1.40 bits per heavy atom. The summed E-state index contributed by atoms with van der Waals surface area (Å²) in [6.07, 6.45) is 1.09. The normalized spacial score (nSPS) is 15.6. The van der Waals surface area contributed by atoms with Crippen LogP contribution in [0.15, 0.2) is 28.7 Å². The minimum absolute atomic E-state index is 0.731. The summed E-state index contributed by atoms with van der Waals surface area (Å²) in [6, 6.07) is 8.42. The molecule has 2 nitrogen and oxygen atoms in total. The summed E-state index contributed by atoms with van der Waals surface area (Å²) in [6.45, 7) is 7.97. The molecule has 0 spiro atoms. The molecule has 0 fully saturated rings. The van der Waals surface area contributed by atoms with E-state index in [-0.39, 0.29) is 0 Å². The smallest absolute Gasteiger partial charge is 0.123 e. The Bertz CT molecular complexity index is 606. The van der Waals surface area contributed by atoms with Gasteiger partial charge in [0.1, 0.15) is 5.01 Å². The van der Waals surface area contributed by atoms with Gasteiger partial charge in [-0.15, -0.1) is 11.3 Å². The summed E-state index contributed by atoms with van der Waals surface area (Å²) in [5, 5.41) is 1.16. The largest absolute Gasteiger partial charge is 0.298 e. The Morgan fingerprint density at radius 2 is 2.25 bits per heavy atom. The molecule has 2 heterocycles. The standard InChI is InChI=1S/C16H19BrN2S/c1-11(2)9-19-7-6-14-15(10-19)20-16(18-14)12-4-3-5-13(17)8-12/h3-5,8,11H,6-7,9-10H2,1-2H3. The Labute approximate surface area is 133 Å². The number of aromatic nitrogens is 1. The average molecular weight is 351 g/mol. The highest BCUT2D eigenvalue weighted by molar-refractivity contribution is 9.10. The fraction of sp³-hybridized carbons (Fsp3) is 0.438. The maximum absolute atomic E-state index is 4.85. The lowest BCUT2D eigenvalue weighted by Crippen LogP contribution is -2.32. The first-order chi connectivity index (χ1) is 9.61. The molecular formula is C16H19BrN2S. The number of halogens is 1. The zero-order chi connectivity index (χ0) is 14.1. The van der Waals surface area contributed by atoms with Gasteiger partial charge in [0.15, 0.2) is 0 Å². The molecule has 1 aromatic carbocycles. The molecule has 1 aliphatic heterocycles. The van der Waals surface area contributed by atoms with Crippen LogP contribution in [0.5, 0.6) is 0 Å². The third-order valence-corrected chi connectivity index (χ3v) is 5.13. The second-order valence-corrected chi connectivity index (χ2v) is 7.78. The van der Waals surface area contributed by atoms with E-state index >= 15 is 0 Å². The second-order valence-electron chi connectivity index (χ2n) is 5.78. The van der Waals surface area contributed by atoms with Crippen molar-refractivity contribution in [2.24, 2.45) is 5.92 Å². The molecule has 0 bridgehead atoms. The highest BCUT2D eigenvalue weighted by atomic mass is 79.9. The van der Waals surface area contributed by atoms with Crippen molar-refractivity contribution in [3.63, 3.8) is 0 Å². The van der Waals surface area contributed by atoms with Gasteiger partial charge < -0.3 is 0 Å². The van der Waals surface area contributed by atoms with Crippen LogP contribution in [0.2, 0.25) is 0 Å². The van der Waals surface area contributed by atoms with E-state index < -0.39 is 0 Å². The summed E-state index contributed by atoms with van der Waals surface area (Å²) in [5.74, 6) is 0.731. The van der Waals surface area contributed by atoms with E-state index in [0.29, 0.717) is 0 Å². The highest BCUT2D eigenvalue weighted by Gasteiger charge is 2.21. The van der Waals surface area contributed by atoms with Crippen LogP contribution < -0.4 is 0 Å². The van der Waals surface area contributed by atoms with E-state index in [0.717, 1.165) is 34.9 Å². The Kier molecular flexibility index (Phi) is 4.24. The maximum Gasteiger partial charge on any atom is 0.123 e. The van der Waals surface area contributed by atoms with E-state index in [1.54, 1.807) is 0 Å². The van der Waals surface area contributed by atoms with Crippen molar-refractivity contribution in [2.75, 3.05) is 13.1 Å².